The van der Waals surface area contributed by atoms with Crippen LogP contribution >= 0.6 is 11.6 Å². The van der Waals surface area contributed by atoms with E-state index in [1.807, 2.05) is 13.0 Å². The minimum Gasteiger partial charge on any atom is -0.493 e. The molecule has 0 saturated heterocycles. The van der Waals surface area contributed by atoms with Gasteiger partial charge in [0.1, 0.15) is 11.4 Å². The molecule has 0 amide bonds. The molecule has 0 atom stereocenters. The molecule has 0 aliphatic carbocycles. The molecule has 0 unspecified atom stereocenters. The van der Waals surface area contributed by atoms with Gasteiger partial charge in [0, 0.05) is 5.56 Å². The van der Waals surface area contributed by atoms with Crippen molar-refractivity contribution in [1.82, 2.24) is 9.97 Å². The zero-order chi connectivity index (χ0) is 12.3. The minimum absolute atomic E-state index is 0.00713. The number of rotatable bonds is 3. The molecule has 0 bridgehead atoms. The van der Waals surface area contributed by atoms with Crippen LogP contribution in [-0.4, -0.2) is 16.6 Å². The van der Waals surface area contributed by atoms with Crippen molar-refractivity contribution in [3.05, 3.63) is 41.6 Å². The van der Waals surface area contributed by atoms with E-state index in [-0.39, 0.29) is 11.0 Å². The topological polar surface area (TPSA) is 35.0 Å². The van der Waals surface area contributed by atoms with E-state index in [0.717, 1.165) is 6.20 Å². The fourth-order valence-corrected chi connectivity index (χ4v) is 1.61. The van der Waals surface area contributed by atoms with Gasteiger partial charge in [0.05, 0.1) is 12.8 Å². The third-order valence-electron chi connectivity index (χ3n) is 2.16. The first-order chi connectivity index (χ1) is 8.22. The Bertz CT molecular complexity index is 534. The molecule has 1 heterocycles. The average Bonchev–Trinajstić information content (AvgIpc) is 2.34. The summed E-state index contributed by atoms with van der Waals surface area (Å²) in [5.41, 5.74) is 0.713. The van der Waals surface area contributed by atoms with Gasteiger partial charge in [0.25, 0.3) is 0 Å². The molecule has 0 spiro atoms. The molecule has 0 aliphatic rings. The molecule has 5 heteroatoms. The van der Waals surface area contributed by atoms with E-state index in [2.05, 4.69) is 9.97 Å². The number of aromatic nitrogens is 2. The predicted molar refractivity (Wildman–Crippen MR) is 63.6 cm³/mol. The first-order valence-electron chi connectivity index (χ1n) is 5.12. The highest BCUT2D eigenvalue weighted by atomic mass is 35.5. The summed E-state index contributed by atoms with van der Waals surface area (Å²) in [6.07, 6.45) is 1.05. The van der Waals surface area contributed by atoms with E-state index in [4.69, 9.17) is 16.3 Å². The van der Waals surface area contributed by atoms with Gasteiger partial charge < -0.3 is 4.74 Å². The van der Waals surface area contributed by atoms with Crippen molar-refractivity contribution in [3.63, 3.8) is 0 Å². The molecule has 2 rings (SSSR count). The van der Waals surface area contributed by atoms with E-state index in [9.17, 15) is 4.39 Å². The van der Waals surface area contributed by atoms with Crippen LogP contribution in [0.4, 0.5) is 4.39 Å². The lowest BCUT2D eigenvalue weighted by Crippen LogP contribution is -1.97. The van der Waals surface area contributed by atoms with Crippen LogP contribution in [0.1, 0.15) is 6.92 Å². The van der Waals surface area contributed by atoms with Crippen molar-refractivity contribution in [2.24, 2.45) is 0 Å². The van der Waals surface area contributed by atoms with Crippen molar-refractivity contribution >= 4 is 11.6 Å². The normalized spacial score (nSPS) is 10.3. The summed E-state index contributed by atoms with van der Waals surface area (Å²) >= 11 is 5.67. The highest BCUT2D eigenvalue weighted by molar-refractivity contribution is 6.28. The second-order valence-corrected chi connectivity index (χ2v) is 3.60. The standard InChI is InChI=1S/C12H10ClFN2O/c1-2-17-10-6-4-3-5-8(10)11-9(14)7-15-12(13)16-11/h3-7H,2H2,1H3. The van der Waals surface area contributed by atoms with E-state index in [1.54, 1.807) is 18.2 Å². The van der Waals surface area contributed by atoms with Crippen molar-refractivity contribution in [2.45, 2.75) is 6.92 Å². The second-order valence-electron chi connectivity index (χ2n) is 3.26. The van der Waals surface area contributed by atoms with Crippen molar-refractivity contribution in [3.8, 4) is 17.0 Å². The van der Waals surface area contributed by atoms with Gasteiger partial charge in [-0.15, -0.1) is 0 Å². The number of halogens is 2. The van der Waals surface area contributed by atoms with E-state index in [1.165, 1.54) is 0 Å². The van der Waals surface area contributed by atoms with Crippen LogP contribution in [0.25, 0.3) is 11.3 Å². The molecule has 3 nitrogen and oxygen atoms in total. The quantitative estimate of drug-likeness (QED) is 0.786. The van der Waals surface area contributed by atoms with Crippen LogP contribution in [0.3, 0.4) is 0 Å². The lowest BCUT2D eigenvalue weighted by atomic mass is 10.1. The smallest absolute Gasteiger partial charge is 0.223 e. The van der Waals surface area contributed by atoms with Gasteiger partial charge in [0.2, 0.25) is 5.28 Å². The lowest BCUT2D eigenvalue weighted by Gasteiger charge is -2.09. The Morgan fingerprint density at radius 1 is 1.35 bits per heavy atom. The number of para-hydroxylation sites is 1. The fourth-order valence-electron chi connectivity index (χ4n) is 1.48. The zero-order valence-electron chi connectivity index (χ0n) is 9.15. The van der Waals surface area contributed by atoms with Crippen molar-refractivity contribution in [1.29, 1.82) is 0 Å². The molecule has 0 saturated carbocycles. The second kappa shape index (κ2) is 5.10. The van der Waals surface area contributed by atoms with Crippen LogP contribution in [0.2, 0.25) is 5.28 Å². The Morgan fingerprint density at radius 2 is 2.12 bits per heavy atom. The van der Waals surface area contributed by atoms with E-state index < -0.39 is 5.82 Å². The van der Waals surface area contributed by atoms with Gasteiger partial charge in [-0.3, -0.25) is 0 Å². The Morgan fingerprint density at radius 3 is 2.88 bits per heavy atom. The SMILES string of the molecule is CCOc1ccccc1-c1nc(Cl)ncc1F. The molecule has 1 aromatic carbocycles. The van der Waals surface area contributed by atoms with Crippen LogP contribution in [0.15, 0.2) is 30.5 Å². The summed E-state index contributed by atoms with van der Waals surface area (Å²) in [6, 6.07) is 7.09. The summed E-state index contributed by atoms with van der Waals surface area (Å²) in [6.45, 7) is 2.36. The van der Waals surface area contributed by atoms with Crippen LogP contribution < -0.4 is 4.74 Å². The number of nitrogens with zero attached hydrogens (tertiary/aromatic N) is 2. The molecule has 2 aromatic rings. The molecule has 0 N–H and O–H groups in total. The van der Waals surface area contributed by atoms with Gasteiger partial charge in [0.15, 0.2) is 5.82 Å². The third-order valence-corrected chi connectivity index (χ3v) is 2.34. The van der Waals surface area contributed by atoms with Crippen molar-refractivity contribution < 1.29 is 9.13 Å². The summed E-state index contributed by atoms with van der Waals surface area (Å²) in [5, 5.41) is 0.00713. The summed E-state index contributed by atoms with van der Waals surface area (Å²) in [5.74, 6) is 0.0465. The van der Waals surface area contributed by atoms with Crippen LogP contribution in [0, 0.1) is 5.82 Å². The average molecular weight is 253 g/mol. The summed E-state index contributed by atoms with van der Waals surface area (Å²) in [4.78, 5) is 7.46. The molecular weight excluding hydrogens is 243 g/mol. The number of ether oxygens (including phenoxy) is 1. The maximum atomic E-state index is 13.6. The largest absolute Gasteiger partial charge is 0.493 e. The summed E-state index contributed by atoms with van der Waals surface area (Å²) < 4.78 is 19.1. The van der Waals surface area contributed by atoms with E-state index >= 15 is 0 Å². The molecule has 0 fully saturated rings. The van der Waals surface area contributed by atoms with Gasteiger partial charge >= 0.3 is 0 Å². The molecule has 0 aliphatic heterocycles. The van der Waals surface area contributed by atoms with Crippen molar-refractivity contribution in [2.75, 3.05) is 6.61 Å². The monoisotopic (exact) mass is 252 g/mol. The first kappa shape index (κ1) is 11.8. The number of hydrogen-bond acceptors (Lipinski definition) is 3. The fraction of sp³-hybridized carbons (Fsp3) is 0.167. The highest BCUT2D eigenvalue weighted by Crippen LogP contribution is 2.30. The minimum atomic E-state index is -0.526. The Labute approximate surface area is 103 Å². The van der Waals surface area contributed by atoms with Gasteiger partial charge in [-0.05, 0) is 30.7 Å². The Balaban J connectivity index is 2.55. The highest BCUT2D eigenvalue weighted by Gasteiger charge is 2.13. The van der Waals surface area contributed by atoms with Crippen LogP contribution in [0.5, 0.6) is 5.75 Å². The molecule has 1 aromatic heterocycles. The number of benzene rings is 1. The zero-order valence-corrected chi connectivity index (χ0v) is 9.91. The lowest BCUT2D eigenvalue weighted by molar-refractivity contribution is 0.341. The first-order valence-corrected chi connectivity index (χ1v) is 5.50. The molecule has 17 heavy (non-hydrogen) atoms. The molecule has 0 radical (unpaired) electrons. The number of hydrogen-bond donors (Lipinski definition) is 0. The summed E-state index contributed by atoms with van der Waals surface area (Å²) in [7, 11) is 0. The Hall–Kier alpha value is -1.68. The molecule has 88 valence electrons. The van der Waals surface area contributed by atoms with Crippen LogP contribution in [-0.2, 0) is 0 Å². The van der Waals surface area contributed by atoms with Gasteiger partial charge in [-0.1, -0.05) is 12.1 Å². The Kier molecular flexibility index (Phi) is 3.54. The van der Waals surface area contributed by atoms with E-state index in [0.29, 0.717) is 17.9 Å². The van der Waals surface area contributed by atoms with Gasteiger partial charge in [-0.25, -0.2) is 14.4 Å². The maximum Gasteiger partial charge on any atom is 0.223 e. The molecular formula is C12H10ClFN2O. The maximum absolute atomic E-state index is 13.6. The van der Waals surface area contributed by atoms with Gasteiger partial charge in [-0.2, -0.15) is 0 Å². The third kappa shape index (κ3) is 2.53. The predicted octanol–water partition coefficient (Wildman–Crippen LogP) is 3.33.